The van der Waals surface area contributed by atoms with Crippen LogP contribution in [-0.4, -0.2) is 23.9 Å². The molecule has 2 atom stereocenters. The summed E-state index contributed by atoms with van der Waals surface area (Å²) in [5.41, 5.74) is 2.47. The van der Waals surface area contributed by atoms with Gasteiger partial charge in [0.15, 0.2) is 11.6 Å². The van der Waals surface area contributed by atoms with Crippen LogP contribution in [0.1, 0.15) is 24.1 Å². The van der Waals surface area contributed by atoms with Gasteiger partial charge in [-0.15, -0.1) is 12.4 Å². The van der Waals surface area contributed by atoms with Crippen molar-refractivity contribution in [3.05, 3.63) is 29.1 Å². The number of rotatable bonds is 4. The zero-order chi connectivity index (χ0) is 16.4. The molecule has 1 unspecified atom stereocenters. The van der Waals surface area contributed by atoms with Gasteiger partial charge in [-0.05, 0) is 19.1 Å². The Hall–Kier alpha value is -1.61. The van der Waals surface area contributed by atoms with Gasteiger partial charge in [0.25, 0.3) is 0 Å². The molecule has 1 rings (SSSR count). The van der Waals surface area contributed by atoms with Crippen molar-refractivity contribution in [1.82, 2.24) is 0 Å². The number of aromatic hydroxyl groups is 1. The number of hydrogen-bond acceptors (Lipinski definition) is 4. The molecule has 22 heavy (non-hydrogen) atoms. The Labute approximate surface area is 128 Å². The van der Waals surface area contributed by atoms with Gasteiger partial charge in [-0.3, -0.25) is 0 Å². The minimum Gasteiger partial charge on any atom is -0.505 e. The quantitative estimate of drug-likeness (QED) is 0.647. The van der Waals surface area contributed by atoms with Gasteiger partial charge >= 0.3 is 12.1 Å². The topological polar surface area (TPSA) is 72.5 Å². The SMILES string of the molecule is CCOC(=O)C(F)[C@H](N)c1c(C(F)(F)F)ccc(F)c1O.Cl. The van der Waals surface area contributed by atoms with E-state index in [1.54, 1.807) is 0 Å². The summed E-state index contributed by atoms with van der Waals surface area (Å²) in [6, 6.07) is -1.55. The van der Waals surface area contributed by atoms with Crippen LogP contribution in [0.25, 0.3) is 0 Å². The van der Waals surface area contributed by atoms with E-state index in [0.29, 0.717) is 12.1 Å². The van der Waals surface area contributed by atoms with Gasteiger partial charge in [0, 0.05) is 5.56 Å². The Morgan fingerprint density at radius 3 is 2.41 bits per heavy atom. The highest BCUT2D eigenvalue weighted by Gasteiger charge is 2.40. The van der Waals surface area contributed by atoms with Crippen molar-refractivity contribution in [1.29, 1.82) is 0 Å². The highest BCUT2D eigenvalue weighted by molar-refractivity contribution is 5.85. The number of halogens is 6. The van der Waals surface area contributed by atoms with E-state index in [1.165, 1.54) is 6.92 Å². The fourth-order valence-corrected chi connectivity index (χ4v) is 1.68. The largest absolute Gasteiger partial charge is 0.505 e. The first-order valence-corrected chi connectivity index (χ1v) is 5.76. The molecule has 4 nitrogen and oxygen atoms in total. The maximum Gasteiger partial charge on any atom is 0.416 e. The fourth-order valence-electron chi connectivity index (χ4n) is 1.68. The lowest BCUT2D eigenvalue weighted by Gasteiger charge is -2.21. The molecule has 0 amide bonds. The Morgan fingerprint density at radius 2 is 1.95 bits per heavy atom. The predicted molar refractivity (Wildman–Crippen MR) is 68.8 cm³/mol. The number of ether oxygens (including phenoxy) is 1. The van der Waals surface area contributed by atoms with E-state index in [1.807, 2.05) is 0 Å². The average molecular weight is 350 g/mol. The third kappa shape index (κ3) is 4.20. The van der Waals surface area contributed by atoms with Crippen LogP contribution in [0.15, 0.2) is 12.1 Å². The van der Waals surface area contributed by atoms with Crippen LogP contribution >= 0.6 is 12.4 Å². The zero-order valence-corrected chi connectivity index (χ0v) is 12.0. The number of nitrogens with two attached hydrogens (primary N) is 1. The third-order valence-electron chi connectivity index (χ3n) is 2.63. The summed E-state index contributed by atoms with van der Waals surface area (Å²) in [5.74, 6) is -4.37. The van der Waals surface area contributed by atoms with Crippen molar-refractivity contribution in [2.75, 3.05) is 6.61 Å². The molecular weight excluding hydrogens is 337 g/mol. The normalized spacial score (nSPS) is 14.0. The molecule has 0 spiro atoms. The molecule has 1 aromatic rings. The summed E-state index contributed by atoms with van der Waals surface area (Å²) >= 11 is 0. The Morgan fingerprint density at radius 1 is 1.41 bits per heavy atom. The van der Waals surface area contributed by atoms with Crippen LogP contribution in [0.3, 0.4) is 0 Å². The number of benzene rings is 1. The zero-order valence-electron chi connectivity index (χ0n) is 11.2. The van der Waals surface area contributed by atoms with E-state index in [-0.39, 0.29) is 19.0 Å². The Balaban J connectivity index is 0.00000441. The molecule has 126 valence electrons. The van der Waals surface area contributed by atoms with E-state index in [2.05, 4.69) is 4.74 Å². The Kier molecular flexibility index (Phi) is 7.04. The van der Waals surface area contributed by atoms with Crippen LogP contribution in [0, 0.1) is 5.82 Å². The van der Waals surface area contributed by atoms with Crippen molar-refractivity contribution in [2.24, 2.45) is 5.73 Å². The summed E-state index contributed by atoms with van der Waals surface area (Å²) in [4.78, 5) is 11.2. The first-order chi connectivity index (χ1) is 9.61. The number of carbonyl (C=O) groups excluding carboxylic acids is 1. The van der Waals surface area contributed by atoms with E-state index in [4.69, 9.17) is 5.73 Å². The second-order valence-corrected chi connectivity index (χ2v) is 4.03. The van der Waals surface area contributed by atoms with Gasteiger partial charge in [0.05, 0.1) is 18.2 Å². The minimum absolute atomic E-state index is 0. The molecule has 0 radical (unpaired) electrons. The molecule has 0 aromatic heterocycles. The number of alkyl halides is 4. The summed E-state index contributed by atoms with van der Waals surface area (Å²) in [6.45, 7) is 1.14. The van der Waals surface area contributed by atoms with E-state index in [0.717, 1.165) is 0 Å². The fraction of sp³-hybridized carbons (Fsp3) is 0.417. The van der Waals surface area contributed by atoms with Crippen LogP contribution in [0.4, 0.5) is 22.0 Å². The van der Waals surface area contributed by atoms with Gasteiger partial charge in [-0.1, -0.05) is 0 Å². The highest BCUT2D eigenvalue weighted by atomic mass is 35.5. The maximum absolute atomic E-state index is 13.7. The van der Waals surface area contributed by atoms with Crippen molar-refractivity contribution >= 4 is 18.4 Å². The molecule has 0 heterocycles. The van der Waals surface area contributed by atoms with Crippen molar-refractivity contribution in [3.63, 3.8) is 0 Å². The summed E-state index contributed by atoms with van der Waals surface area (Å²) in [6.07, 6.45) is -7.69. The monoisotopic (exact) mass is 349 g/mol. The van der Waals surface area contributed by atoms with Gasteiger partial charge in [0.1, 0.15) is 0 Å². The van der Waals surface area contributed by atoms with Gasteiger partial charge in [-0.25, -0.2) is 13.6 Å². The highest BCUT2D eigenvalue weighted by Crippen LogP contribution is 2.40. The molecule has 3 N–H and O–H groups in total. The lowest BCUT2D eigenvalue weighted by atomic mass is 9.95. The van der Waals surface area contributed by atoms with E-state index < -0.39 is 47.1 Å². The minimum atomic E-state index is -5.01. The number of esters is 1. The smallest absolute Gasteiger partial charge is 0.416 e. The van der Waals surface area contributed by atoms with Crippen LogP contribution < -0.4 is 5.73 Å². The van der Waals surface area contributed by atoms with Crippen LogP contribution in [-0.2, 0) is 15.7 Å². The molecule has 0 aliphatic carbocycles. The Bertz CT molecular complexity index is 538. The number of phenols is 1. The van der Waals surface area contributed by atoms with Gasteiger partial charge < -0.3 is 15.6 Å². The van der Waals surface area contributed by atoms with Crippen LogP contribution in [0.5, 0.6) is 5.75 Å². The summed E-state index contributed by atoms with van der Waals surface area (Å²) < 4.78 is 69.7. The number of carbonyl (C=O) groups is 1. The first kappa shape index (κ1) is 20.4. The molecule has 1 aromatic carbocycles. The third-order valence-corrected chi connectivity index (χ3v) is 2.63. The molecule has 0 fully saturated rings. The first-order valence-electron chi connectivity index (χ1n) is 5.76. The number of phenolic OH excluding ortho intramolecular Hbond substituents is 1. The second-order valence-electron chi connectivity index (χ2n) is 4.03. The lowest BCUT2D eigenvalue weighted by Crippen LogP contribution is -2.33. The van der Waals surface area contributed by atoms with Crippen molar-refractivity contribution in [3.8, 4) is 5.75 Å². The predicted octanol–water partition coefficient (Wildman–Crippen LogP) is 2.87. The molecule has 10 heteroatoms. The molecule has 0 aliphatic rings. The second kappa shape index (κ2) is 7.59. The van der Waals surface area contributed by atoms with E-state index in [9.17, 15) is 31.9 Å². The van der Waals surface area contributed by atoms with Crippen molar-refractivity contribution in [2.45, 2.75) is 25.3 Å². The average Bonchev–Trinajstić information content (AvgIpc) is 2.39. The van der Waals surface area contributed by atoms with E-state index >= 15 is 0 Å². The molecular formula is C12H13ClF5NO3. The molecule has 0 saturated carbocycles. The summed E-state index contributed by atoms with van der Waals surface area (Å²) in [5, 5.41) is 9.40. The standard InChI is InChI=1S/C12H12F5NO3.ClH/c1-2-21-11(20)8(14)9(18)7-5(12(15,16)17)3-4-6(13)10(7)19;/h3-4,8-9,19H,2,18H2,1H3;1H/t8?,9-;/m1./s1. The van der Waals surface area contributed by atoms with Gasteiger partial charge in [0.2, 0.25) is 6.17 Å². The molecule has 0 saturated heterocycles. The maximum atomic E-state index is 13.7. The molecule has 0 bridgehead atoms. The van der Waals surface area contributed by atoms with Crippen molar-refractivity contribution < 1.29 is 36.6 Å². The lowest BCUT2D eigenvalue weighted by molar-refractivity contribution is -0.150. The van der Waals surface area contributed by atoms with Crippen LogP contribution in [0.2, 0.25) is 0 Å². The number of hydrogen-bond donors (Lipinski definition) is 2. The summed E-state index contributed by atoms with van der Waals surface area (Å²) in [7, 11) is 0. The molecule has 0 aliphatic heterocycles. The van der Waals surface area contributed by atoms with Gasteiger partial charge in [-0.2, -0.15) is 13.2 Å².